The van der Waals surface area contributed by atoms with Crippen LogP contribution in [0.15, 0.2) is 29.3 Å². The van der Waals surface area contributed by atoms with E-state index >= 15 is 0 Å². The van der Waals surface area contributed by atoms with Gasteiger partial charge in [0.25, 0.3) is 11.8 Å². The fourth-order valence-electron chi connectivity index (χ4n) is 6.94. The quantitative estimate of drug-likeness (QED) is 0.351. The number of benzene rings is 1. The molecular weight excluding hydrogens is 528 g/mol. The highest BCUT2D eigenvalue weighted by atomic mass is 16.4. The maximum Gasteiger partial charge on any atom is 0.305 e. The van der Waals surface area contributed by atoms with Crippen LogP contribution in [0, 0.1) is 16.7 Å². The van der Waals surface area contributed by atoms with Gasteiger partial charge in [0.05, 0.1) is 12.5 Å². The van der Waals surface area contributed by atoms with Gasteiger partial charge in [-0.3, -0.25) is 14.4 Å². The van der Waals surface area contributed by atoms with Crippen molar-refractivity contribution in [3.63, 3.8) is 0 Å². The second-order valence-corrected chi connectivity index (χ2v) is 14.6. The summed E-state index contributed by atoms with van der Waals surface area (Å²) < 4.78 is 0. The number of piperidine rings is 1. The third-order valence-electron chi connectivity index (χ3n) is 9.93. The fourth-order valence-corrected chi connectivity index (χ4v) is 6.94. The molecular formula is C34H52N4O4. The van der Waals surface area contributed by atoms with Crippen molar-refractivity contribution in [3.05, 3.63) is 35.4 Å². The van der Waals surface area contributed by atoms with Gasteiger partial charge < -0.3 is 20.2 Å². The highest BCUT2D eigenvalue weighted by Gasteiger charge is 2.53. The molecule has 2 fully saturated rings. The maximum absolute atomic E-state index is 14.5. The molecule has 1 aromatic rings. The molecule has 1 aromatic carbocycles. The molecule has 0 radical (unpaired) electrons. The van der Waals surface area contributed by atoms with Crippen molar-refractivity contribution in [2.45, 2.75) is 117 Å². The number of carbonyl (C=O) groups is 3. The Kier molecular flexibility index (Phi) is 9.73. The van der Waals surface area contributed by atoms with Crippen molar-refractivity contribution in [3.8, 4) is 0 Å². The molecule has 0 aromatic heterocycles. The van der Waals surface area contributed by atoms with Gasteiger partial charge in [-0.25, -0.2) is 4.99 Å². The molecule has 3 aliphatic rings. The summed E-state index contributed by atoms with van der Waals surface area (Å²) in [5.41, 5.74) is 1.48. The number of unbranched alkanes of at least 4 members (excludes halogenated alkanes) is 1. The first-order valence-corrected chi connectivity index (χ1v) is 16.0. The van der Waals surface area contributed by atoms with Gasteiger partial charge in [-0.2, -0.15) is 0 Å². The van der Waals surface area contributed by atoms with Crippen LogP contribution in [0.2, 0.25) is 0 Å². The van der Waals surface area contributed by atoms with E-state index in [1.807, 2.05) is 12.1 Å². The number of rotatable bonds is 9. The van der Waals surface area contributed by atoms with E-state index in [9.17, 15) is 14.4 Å². The zero-order chi connectivity index (χ0) is 30.7. The Morgan fingerprint density at radius 2 is 1.69 bits per heavy atom. The summed E-state index contributed by atoms with van der Waals surface area (Å²) in [7, 11) is 0. The summed E-state index contributed by atoms with van der Waals surface area (Å²) >= 11 is 0. The van der Waals surface area contributed by atoms with E-state index in [1.54, 1.807) is 12.1 Å². The molecule has 2 heterocycles. The highest BCUT2D eigenvalue weighted by Crippen LogP contribution is 2.50. The van der Waals surface area contributed by atoms with Crippen molar-refractivity contribution >= 4 is 23.6 Å². The number of nitrogens with zero attached hydrogens (tertiary/aromatic N) is 3. The Bertz CT molecular complexity index is 1150. The normalized spacial score (nSPS) is 25.0. The Morgan fingerprint density at radius 3 is 2.24 bits per heavy atom. The van der Waals surface area contributed by atoms with Crippen LogP contribution in [0.5, 0.6) is 0 Å². The predicted octanol–water partition coefficient (Wildman–Crippen LogP) is 6.42. The van der Waals surface area contributed by atoms with Gasteiger partial charge in [0.15, 0.2) is 5.84 Å². The molecule has 8 nitrogen and oxygen atoms in total. The fraction of sp³-hybridized carbons (Fsp3) is 0.706. The van der Waals surface area contributed by atoms with Crippen LogP contribution in [0.3, 0.4) is 0 Å². The number of carboxylic acid groups (broad SMARTS) is 1. The van der Waals surface area contributed by atoms with Gasteiger partial charge in [0.1, 0.15) is 5.66 Å². The van der Waals surface area contributed by atoms with Crippen molar-refractivity contribution in [1.82, 2.24) is 15.1 Å². The largest absolute Gasteiger partial charge is 0.481 e. The zero-order valence-corrected chi connectivity index (χ0v) is 26.7. The maximum atomic E-state index is 14.5. The summed E-state index contributed by atoms with van der Waals surface area (Å²) in [5, 5.41) is 11.6. The minimum atomic E-state index is -0.944. The molecule has 0 unspecified atom stereocenters. The average molecular weight is 581 g/mol. The summed E-state index contributed by atoms with van der Waals surface area (Å²) in [5.74, 6) is 0.0695. The minimum absolute atomic E-state index is 0.0560. The second-order valence-electron chi connectivity index (χ2n) is 14.6. The number of aliphatic imine (C=N–C) groups is 1. The summed E-state index contributed by atoms with van der Waals surface area (Å²) in [6.07, 6.45) is 8.67. The molecule has 2 amide bonds. The molecule has 2 aliphatic heterocycles. The summed E-state index contributed by atoms with van der Waals surface area (Å²) in [6, 6.07) is 7.39. The Balaban J connectivity index is 1.64. The van der Waals surface area contributed by atoms with E-state index in [-0.39, 0.29) is 41.7 Å². The van der Waals surface area contributed by atoms with Crippen molar-refractivity contribution < 1.29 is 19.5 Å². The van der Waals surface area contributed by atoms with E-state index in [4.69, 9.17) is 10.1 Å². The van der Waals surface area contributed by atoms with E-state index in [0.717, 1.165) is 76.4 Å². The SMILES string of the molecule is CCCC[C@H](c1ccc(C(=O)NCCC(=O)O)cc1)N1C(=O)C(N2CCC(C)(C)CC2)=NC12CCC(C(C)(C)C)CC2. The molecule has 1 spiro atoms. The zero-order valence-electron chi connectivity index (χ0n) is 26.7. The van der Waals surface area contributed by atoms with E-state index in [2.05, 4.69) is 56.7 Å². The first-order valence-electron chi connectivity index (χ1n) is 16.0. The molecule has 2 N–H and O–H groups in total. The first kappa shape index (κ1) is 32.0. The van der Waals surface area contributed by atoms with Crippen molar-refractivity contribution in [2.75, 3.05) is 19.6 Å². The lowest BCUT2D eigenvalue weighted by Crippen LogP contribution is -2.52. The minimum Gasteiger partial charge on any atom is -0.481 e. The van der Waals surface area contributed by atoms with Gasteiger partial charge in [0, 0.05) is 25.2 Å². The van der Waals surface area contributed by atoms with Crippen molar-refractivity contribution in [1.29, 1.82) is 0 Å². The number of nitrogens with one attached hydrogen (secondary N) is 1. The second kappa shape index (κ2) is 12.8. The van der Waals surface area contributed by atoms with Crippen LogP contribution < -0.4 is 5.32 Å². The summed E-state index contributed by atoms with van der Waals surface area (Å²) in [4.78, 5) is 47.7. The van der Waals surface area contributed by atoms with Crippen LogP contribution in [0.25, 0.3) is 0 Å². The van der Waals surface area contributed by atoms with Crippen LogP contribution in [0.1, 0.15) is 128 Å². The number of aliphatic carboxylic acids is 1. The number of hydrogen-bond acceptors (Lipinski definition) is 5. The lowest BCUT2D eigenvalue weighted by Gasteiger charge is -2.47. The van der Waals surface area contributed by atoms with Gasteiger partial charge in [0.2, 0.25) is 0 Å². The topological polar surface area (TPSA) is 102 Å². The number of hydrogen-bond donors (Lipinski definition) is 2. The number of amidine groups is 1. The smallest absolute Gasteiger partial charge is 0.305 e. The number of carboxylic acids is 1. The Hall–Kier alpha value is -2.90. The average Bonchev–Trinajstić information content (AvgIpc) is 3.20. The van der Waals surface area contributed by atoms with Crippen LogP contribution in [0.4, 0.5) is 0 Å². The number of likely N-dealkylation sites (tertiary alicyclic amines) is 1. The van der Waals surface area contributed by atoms with Gasteiger partial charge >= 0.3 is 5.97 Å². The molecule has 232 valence electrons. The predicted molar refractivity (Wildman–Crippen MR) is 166 cm³/mol. The molecule has 8 heteroatoms. The Morgan fingerprint density at radius 1 is 1.07 bits per heavy atom. The standard InChI is InChI=1S/C34H52N4O4/c1-7-8-9-27(24-10-12-25(13-11-24)30(41)35-21-16-28(39)40)38-31(42)29(37-22-19-33(5,6)20-23-37)36-34(38)17-14-26(15-18-34)32(2,3)4/h10-13,26-27H,7-9,14-23H2,1-6H3,(H,35,41)(H,39,40)/t26?,27-,34?/m1/s1. The first-order chi connectivity index (χ1) is 19.8. The van der Waals surface area contributed by atoms with Gasteiger partial charge in [-0.15, -0.1) is 0 Å². The molecule has 4 rings (SSSR count). The van der Waals surface area contributed by atoms with E-state index in [0.29, 0.717) is 17.3 Å². The van der Waals surface area contributed by atoms with Crippen molar-refractivity contribution in [2.24, 2.45) is 21.7 Å². The van der Waals surface area contributed by atoms with Crippen LogP contribution >= 0.6 is 0 Å². The van der Waals surface area contributed by atoms with Crippen LogP contribution in [-0.4, -0.2) is 63.8 Å². The monoisotopic (exact) mass is 580 g/mol. The lowest BCUT2D eigenvalue weighted by molar-refractivity contribution is -0.137. The highest BCUT2D eigenvalue weighted by molar-refractivity contribution is 6.39. The van der Waals surface area contributed by atoms with Crippen LogP contribution in [-0.2, 0) is 9.59 Å². The molecule has 42 heavy (non-hydrogen) atoms. The lowest BCUT2D eigenvalue weighted by atomic mass is 9.69. The molecule has 1 aliphatic carbocycles. The van der Waals surface area contributed by atoms with Gasteiger partial charge in [-0.1, -0.05) is 66.5 Å². The third kappa shape index (κ3) is 7.17. The van der Waals surface area contributed by atoms with E-state index in [1.165, 1.54) is 0 Å². The molecule has 1 saturated carbocycles. The van der Waals surface area contributed by atoms with E-state index < -0.39 is 11.6 Å². The number of amides is 2. The third-order valence-corrected chi connectivity index (χ3v) is 9.93. The number of carbonyl (C=O) groups excluding carboxylic acids is 2. The molecule has 0 bridgehead atoms. The molecule has 1 saturated heterocycles. The Labute approximate surface area is 252 Å². The summed E-state index contributed by atoms with van der Waals surface area (Å²) in [6.45, 7) is 15.6. The van der Waals surface area contributed by atoms with Gasteiger partial charge in [-0.05, 0) is 79.4 Å². The molecule has 1 atom stereocenters.